The lowest BCUT2D eigenvalue weighted by Gasteiger charge is -2.67. The van der Waals surface area contributed by atoms with Crippen molar-refractivity contribution >= 4 is 0 Å². The molecule has 0 bridgehead atoms. The molecular formula is C27H48O8. The number of rotatable bonds is 6. The first-order valence-corrected chi connectivity index (χ1v) is 13.7. The topological polar surface area (TPSA) is 162 Å². The summed E-state index contributed by atoms with van der Waals surface area (Å²) in [5.41, 5.74) is -3.22. The van der Waals surface area contributed by atoms with Gasteiger partial charge in [0.1, 0.15) is 11.7 Å². The van der Waals surface area contributed by atoms with E-state index < -0.39 is 70.8 Å². The molecular weight excluding hydrogens is 452 g/mol. The predicted molar refractivity (Wildman–Crippen MR) is 129 cm³/mol. The summed E-state index contributed by atoms with van der Waals surface area (Å²) in [5, 5.41) is 88.0. The van der Waals surface area contributed by atoms with Gasteiger partial charge < -0.3 is 40.9 Å². The van der Waals surface area contributed by atoms with Crippen molar-refractivity contribution in [1.82, 2.24) is 0 Å². The molecule has 204 valence electrons. The summed E-state index contributed by atoms with van der Waals surface area (Å²) >= 11 is 0. The third-order valence-corrected chi connectivity index (χ3v) is 11.3. The molecule has 35 heavy (non-hydrogen) atoms. The zero-order valence-corrected chi connectivity index (χ0v) is 21.7. The van der Waals surface area contributed by atoms with E-state index in [2.05, 4.69) is 6.92 Å². The van der Waals surface area contributed by atoms with E-state index in [1.165, 1.54) is 0 Å². The number of fused-ring (bicyclic) bond motifs is 5. The van der Waals surface area contributed by atoms with Gasteiger partial charge in [-0.05, 0) is 66.6 Å². The van der Waals surface area contributed by atoms with Crippen molar-refractivity contribution in [3.63, 3.8) is 0 Å². The average molecular weight is 501 g/mol. The highest BCUT2D eigenvalue weighted by Crippen LogP contribution is 2.69. The molecule has 8 nitrogen and oxygen atoms in total. The lowest BCUT2D eigenvalue weighted by molar-refractivity contribution is -0.322. The summed E-state index contributed by atoms with van der Waals surface area (Å²) < 4.78 is 0. The van der Waals surface area contributed by atoms with Crippen molar-refractivity contribution in [2.24, 2.45) is 46.3 Å². The molecule has 15 atom stereocenters. The number of aliphatic hydroxyl groups is 8. The standard InChI is InChI=1S/C27H48O8/c1-13(12-28)6-5-7-14(2)17-20(31)22(33)23-26(17,4)11-9-16-25(3)10-8-15(29)19(30)18(25)21(32)24(34)27(16,23)35/h13-24,28-35H,5-12H2,1-4H3/t13-,14+,15-,16?,17-,18?,19-,20+,21+,22-,23?,24+,25+,26+,27-/m0/s1. The van der Waals surface area contributed by atoms with Gasteiger partial charge in [0, 0.05) is 18.4 Å². The van der Waals surface area contributed by atoms with E-state index in [1.54, 1.807) is 0 Å². The third-order valence-electron chi connectivity index (χ3n) is 11.3. The monoisotopic (exact) mass is 500 g/mol. The van der Waals surface area contributed by atoms with Gasteiger partial charge in [0.2, 0.25) is 0 Å². The van der Waals surface area contributed by atoms with Crippen molar-refractivity contribution in [2.45, 2.75) is 115 Å². The molecule has 0 saturated heterocycles. The largest absolute Gasteiger partial charge is 0.396 e. The van der Waals surface area contributed by atoms with E-state index in [0.717, 1.165) is 19.3 Å². The Hall–Kier alpha value is -0.320. The molecule has 8 N–H and O–H groups in total. The summed E-state index contributed by atoms with van der Waals surface area (Å²) in [7, 11) is 0. The second-order valence-corrected chi connectivity index (χ2v) is 13.2. The molecule has 0 amide bonds. The first-order chi connectivity index (χ1) is 16.3. The minimum atomic E-state index is -1.83. The van der Waals surface area contributed by atoms with Crippen LogP contribution in [0.5, 0.6) is 0 Å². The van der Waals surface area contributed by atoms with Gasteiger partial charge in [0.25, 0.3) is 0 Å². The van der Waals surface area contributed by atoms with Crippen molar-refractivity contribution in [3.05, 3.63) is 0 Å². The normalized spacial score (nSPS) is 55.5. The lowest BCUT2D eigenvalue weighted by Crippen LogP contribution is -2.76. The highest BCUT2D eigenvalue weighted by atomic mass is 16.4. The first kappa shape index (κ1) is 27.7. The van der Waals surface area contributed by atoms with Gasteiger partial charge in [-0.3, -0.25) is 0 Å². The Kier molecular flexibility index (Phi) is 7.48. The van der Waals surface area contributed by atoms with Crippen molar-refractivity contribution < 1.29 is 40.9 Å². The average Bonchev–Trinajstić information content (AvgIpc) is 3.00. The molecule has 8 heteroatoms. The Morgan fingerprint density at radius 3 is 2.06 bits per heavy atom. The Labute approximate surface area is 209 Å². The lowest BCUT2D eigenvalue weighted by atomic mass is 9.40. The maximum Gasteiger partial charge on any atom is 0.110 e. The van der Waals surface area contributed by atoms with Gasteiger partial charge in [0.05, 0.1) is 30.5 Å². The highest BCUT2D eigenvalue weighted by Gasteiger charge is 2.76. The minimum absolute atomic E-state index is 0.0568. The van der Waals surface area contributed by atoms with Gasteiger partial charge in [0.15, 0.2) is 0 Å². The SMILES string of the molecule is C[C@H](CO)CCC[C@@H](C)[C@H]1[C@@H](O)[C@H](O)C2[C@@]3(O)C(CC[C@@]21C)[C@@]1(C)CC[C@H](O)[C@H](O)C1[C@@H](O)[C@H]3O. The summed E-state index contributed by atoms with van der Waals surface area (Å²) in [6, 6.07) is 0. The summed E-state index contributed by atoms with van der Waals surface area (Å²) in [6.07, 6.45) is -3.02. The zero-order valence-electron chi connectivity index (χ0n) is 21.7. The van der Waals surface area contributed by atoms with E-state index in [9.17, 15) is 40.9 Å². The van der Waals surface area contributed by atoms with Crippen LogP contribution in [0.4, 0.5) is 0 Å². The summed E-state index contributed by atoms with van der Waals surface area (Å²) in [6.45, 7) is 8.11. The van der Waals surface area contributed by atoms with Crippen LogP contribution in [-0.2, 0) is 0 Å². The van der Waals surface area contributed by atoms with Gasteiger partial charge in [-0.1, -0.05) is 40.5 Å². The fourth-order valence-corrected chi connectivity index (χ4v) is 9.61. The van der Waals surface area contributed by atoms with Crippen LogP contribution < -0.4 is 0 Å². The van der Waals surface area contributed by atoms with Crippen LogP contribution in [0.15, 0.2) is 0 Å². The van der Waals surface area contributed by atoms with Crippen molar-refractivity contribution in [2.75, 3.05) is 6.61 Å². The maximum absolute atomic E-state index is 12.3. The molecule has 0 aromatic rings. The number of hydrogen-bond donors (Lipinski definition) is 8. The molecule has 4 rings (SSSR count). The van der Waals surface area contributed by atoms with Gasteiger partial charge in [-0.25, -0.2) is 0 Å². The van der Waals surface area contributed by atoms with E-state index in [1.807, 2.05) is 20.8 Å². The Balaban J connectivity index is 1.67. The second-order valence-electron chi connectivity index (χ2n) is 13.2. The second kappa shape index (κ2) is 9.45. The first-order valence-electron chi connectivity index (χ1n) is 13.7. The quantitative estimate of drug-likeness (QED) is 0.260. The summed E-state index contributed by atoms with van der Waals surface area (Å²) in [4.78, 5) is 0. The molecule has 0 aromatic carbocycles. The molecule has 4 aliphatic rings. The molecule has 3 unspecified atom stereocenters. The van der Waals surface area contributed by atoms with Crippen LogP contribution in [0.3, 0.4) is 0 Å². The molecule has 0 radical (unpaired) electrons. The Bertz CT molecular complexity index is 765. The van der Waals surface area contributed by atoms with E-state index in [4.69, 9.17) is 0 Å². The fourth-order valence-electron chi connectivity index (χ4n) is 9.61. The minimum Gasteiger partial charge on any atom is -0.396 e. The predicted octanol–water partition coefficient (Wildman–Crippen LogP) is 0.410. The van der Waals surface area contributed by atoms with Crippen LogP contribution in [-0.4, -0.2) is 89.7 Å². The summed E-state index contributed by atoms with van der Waals surface area (Å²) in [5.74, 6) is -2.15. The fraction of sp³-hybridized carbons (Fsp3) is 1.00. The number of aliphatic hydroxyl groups excluding tert-OH is 7. The van der Waals surface area contributed by atoms with Gasteiger partial charge in [-0.15, -0.1) is 0 Å². The maximum atomic E-state index is 12.3. The van der Waals surface area contributed by atoms with Crippen molar-refractivity contribution in [3.8, 4) is 0 Å². The molecule has 0 aromatic heterocycles. The highest BCUT2D eigenvalue weighted by molar-refractivity contribution is 5.25. The molecule has 4 fully saturated rings. The van der Waals surface area contributed by atoms with Crippen LogP contribution in [0.2, 0.25) is 0 Å². The van der Waals surface area contributed by atoms with Crippen LogP contribution >= 0.6 is 0 Å². The zero-order chi connectivity index (χ0) is 26.1. The van der Waals surface area contributed by atoms with E-state index in [-0.39, 0.29) is 24.4 Å². The van der Waals surface area contributed by atoms with Gasteiger partial charge >= 0.3 is 0 Å². The molecule has 0 aliphatic heterocycles. The van der Waals surface area contributed by atoms with Crippen LogP contribution in [0.1, 0.15) is 72.6 Å². The third kappa shape index (κ3) is 3.85. The van der Waals surface area contributed by atoms with Crippen LogP contribution in [0, 0.1) is 46.3 Å². The molecule has 0 spiro atoms. The van der Waals surface area contributed by atoms with E-state index >= 15 is 0 Å². The smallest absolute Gasteiger partial charge is 0.110 e. The Morgan fingerprint density at radius 1 is 0.800 bits per heavy atom. The molecule has 0 heterocycles. The van der Waals surface area contributed by atoms with Crippen molar-refractivity contribution in [1.29, 1.82) is 0 Å². The van der Waals surface area contributed by atoms with Crippen LogP contribution in [0.25, 0.3) is 0 Å². The molecule has 4 saturated carbocycles. The molecule has 4 aliphatic carbocycles. The number of hydrogen-bond acceptors (Lipinski definition) is 8. The Morgan fingerprint density at radius 2 is 1.43 bits per heavy atom. The van der Waals surface area contributed by atoms with Gasteiger partial charge in [-0.2, -0.15) is 0 Å². The van der Waals surface area contributed by atoms with E-state index in [0.29, 0.717) is 25.7 Å².